The fourth-order valence-electron chi connectivity index (χ4n) is 6.08. The Balaban J connectivity index is 1.75. The van der Waals surface area contributed by atoms with Crippen molar-refractivity contribution in [3.05, 3.63) is 74.1 Å². The SMILES string of the molecule is CC(C)(C)c1ccc2c(c1)Cc1c-2ccc(C(C)(C)C)[c]1[Zr]([C]1=CC=CC1)=[C]1CCCCC1. The van der Waals surface area contributed by atoms with Crippen molar-refractivity contribution in [3.8, 4) is 11.1 Å². The van der Waals surface area contributed by atoms with E-state index in [4.69, 9.17) is 0 Å². The van der Waals surface area contributed by atoms with Crippen LogP contribution >= 0.6 is 0 Å². The maximum absolute atomic E-state index is 2.52. The van der Waals surface area contributed by atoms with Gasteiger partial charge in [-0.15, -0.1) is 0 Å². The molecule has 5 rings (SSSR count). The van der Waals surface area contributed by atoms with Crippen molar-refractivity contribution < 1.29 is 21.3 Å². The van der Waals surface area contributed by atoms with Crippen molar-refractivity contribution in [2.24, 2.45) is 0 Å². The van der Waals surface area contributed by atoms with Crippen LogP contribution in [0.25, 0.3) is 11.1 Å². The van der Waals surface area contributed by atoms with Gasteiger partial charge in [0, 0.05) is 0 Å². The van der Waals surface area contributed by atoms with Gasteiger partial charge in [-0.25, -0.2) is 0 Å². The van der Waals surface area contributed by atoms with Crippen LogP contribution in [0, 0.1) is 0 Å². The van der Waals surface area contributed by atoms with Crippen LogP contribution in [0.3, 0.4) is 0 Å². The summed E-state index contributed by atoms with van der Waals surface area (Å²) in [5.41, 5.74) is 9.78. The van der Waals surface area contributed by atoms with Gasteiger partial charge in [-0.05, 0) is 0 Å². The van der Waals surface area contributed by atoms with E-state index in [1.807, 2.05) is 9.76 Å². The molecule has 0 aromatic heterocycles. The maximum atomic E-state index is 2.52. The first kappa shape index (κ1) is 23.4. The normalized spacial score (nSPS) is 17.8. The average molecular weight is 516 g/mol. The molecule has 0 atom stereocenters. The molecule has 0 radical (unpaired) electrons. The van der Waals surface area contributed by atoms with Crippen LogP contribution in [0.2, 0.25) is 0 Å². The molecular weight excluding hydrogens is 476 g/mol. The van der Waals surface area contributed by atoms with Crippen LogP contribution < -0.4 is 3.27 Å². The summed E-state index contributed by atoms with van der Waals surface area (Å²) < 4.78 is 5.66. The summed E-state index contributed by atoms with van der Waals surface area (Å²) in [5.74, 6) is 0. The number of fused-ring (bicyclic) bond motifs is 3. The first-order valence-corrected chi connectivity index (χ1v) is 16.7. The molecule has 1 heteroatoms. The van der Waals surface area contributed by atoms with Gasteiger partial charge in [0.05, 0.1) is 0 Å². The molecule has 0 saturated heterocycles. The second kappa shape index (κ2) is 8.71. The second-order valence-corrected chi connectivity index (χ2v) is 18.8. The van der Waals surface area contributed by atoms with Gasteiger partial charge < -0.3 is 0 Å². The first-order chi connectivity index (χ1) is 15.6. The molecule has 3 aliphatic carbocycles. The molecule has 1 fully saturated rings. The van der Waals surface area contributed by atoms with Gasteiger partial charge in [-0.2, -0.15) is 0 Å². The molecule has 33 heavy (non-hydrogen) atoms. The molecule has 0 aliphatic heterocycles. The predicted molar refractivity (Wildman–Crippen MR) is 142 cm³/mol. The number of benzene rings is 2. The van der Waals surface area contributed by atoms with Crippen molar-refractivity contribution in [3.63, 3.8) is 0 Å². The summed E-state index contributed by atoms with van der Waals surface area (Å²) in [5, 5.41) is 0. The van der Waals surface area contributed by atoms with Crippen molar-refractivity contribution >= 4 is 6.48 Å². The Morgan fingerprint density at radius 3 is 2.15 bits per heavy atom. The van der Waals surface area contributed by atoms with E-state index in [1.165, 1.54) is 55.2 Å². The molecule has 0 N–H and O–H groups in total. The third-order valence-electron chi connectivity index (χ3n) is 7.90. The first-order valence-electron chi connectivity index (χ1n) is 13.0. The molecule has 2 aromatic rings. The zero-order chi connectivity index (χ0) is 23.4. The third kappa shape index (κ3) is 4.40. The molecule has 1 saturated carbocycles. The molecule has 3 aliphatic rings. The van der Waals surface area contributed by atoms with Crippen molar-refractivity contribution in [2.75, 3.05) is 0 Å². The molecular formula is C32H40Zr. The van der Waals surface area contributed by atoms with Crippen LogP contribution in [0.15, 0.2) is 51.8 Å². The van der Waals surface area contributed by atoms with Crippen LogP contribution in [0.4, 0.5) is 0 Å². The predicted octanol–water partition coefficient (Wildman–Crippen LogP) is 8.08. The fourth-order valence-corrected chi connectivity index (χ4v) is 15.5. The van der Waals surface area contributed by atoms with E-state index in [1.54, 1.807) is 16.7 Å². The van der Waals surface area contributed by atoms with Crippen molar-refractivity contribution in [2.45, 2.75) is 97.3 Å². The van der Waals surface area contributed by atoms with Gasteiger partial charge in [0.1, 0.15) is 0 Å². The molecule has 0 unspecified atom stereocenters. The Hall–Kier alpha value is -1.33. The van der Waals surface area contributed by atoms with Crippen molar-refractivity contribution in [1.29, 1.82) is 0 Å². The van der Waals surface area contributed by atoms with Gasteiger partial charge in [0.25, 0.3) is 0 Å². The summed E-state index contributed by atoms with van der Waals surface area (Å²) in [6.07, 6.45) is 16.6. The zero-order valence-electron chi connectivity index (χ0n) is 21.6. The molecule has 0 nitrogen and oxygen atoms in total. The van der Waals surface area contributed by atoms with E-state index in [9.17, 15) is 0 Å². The van der Waals surface area contributed by atoms with E-state index in [0.29, 0.717) is 0 Å². The van der Waals surface area contributed by atoms with Gasteiger partial charge in [-0.3, -0.25) is 0 Å². The third-order valence-corrected chi connectivity index (χ3v) is 16.0. The Morgan fingerprint density at radius 2 is 1.52 bits per heavy atom. The van der Waals surface area contributed by atoms with Crippen molar-refractivity contribution in [1.82, 2.24) is 0 Å². The summed E-state index contributed by atoms with van der Waals surface area (Å²) in [6, 6.07) is 12.3. The van der Waals surface area contributed by atoms with Gasteiger partial charge in [0.2, 0.25) is 0 Å². The fraction of sp³-hybridized carbons (Fsp3) is 0.469. The second-order valence-electron chi connectivity index (χ2n) is 12.4. The van der Waals surface area contributed by atoms with Gasteiger partial charge in [-0.1, -0.05) is 0 Å². The van der Waals surface area contributed by atoms with Gasteiger partial charge in [0.15, 0.2) is 0 Å². The standard InChI is InChI=1S/C21H25.C6H10.C5H5.Zr/c1-20(2,3)16-7-9-18-14(12-16)11-15-13-17(21(4,5)6)8-10-19(15)18;1-2-4-6-5-3-1;1-2-4-5-3-1;/h7-10,12H,11H2,1-6H3;1-5H2;1-3H,4H2;. The Labute approximate surface area is 209 Å². The average Bonchev–Trinajstić information content (AvgIpc) is 3.41. The van der Waals surface area contributed by atoms with E-state index < -0.39 is 21.3 Å². The molecule has 2 aromatic carbocycles. The quantitative estimate of drug-likeness (QED) is 0.324. The van der Waals surface area contributed by atoms with Gasteiger partial charge >= 0.3 is 210 Å². The van der Waals surface area contributed by atoms with E-state index in [0.717, 1.165) is 6.42 Å². The number of rotatable bonds is 2. The van der Waals surface area contributed by atoms with E-state index in [-0.39, 0.29) is 10.8 Å². The van der Waals surface area contributed by atoms with Crippen LogP contribution in [0.5, 0.6) is 0 Å². The Morgan fingerprint density at radius 1 is 0.788 bits per heavy atom. The summed E-state index contributed by atoms with van der Waals surface area (Å²) in [6.45, 7) is 14.3. The molecule has 0 spiro atoms. The monoisotopic (exact) mass is 514 g/mol. The summed E-state index contributed by atoms with van der Waals surface area (Å²) in [7, 11) is 0. The van der Waals surface area contributed by atoms with Crippen LogP contribution in [-0.2, 0) is 38.5 Å². The minimum atomic E-state index is -2.15. The number of allylic oxidation sites excluding steroid dienone is 4. The zero-order valence-corrected chi connectivity index (χ0v) is 24.0. The summed E-state index contributed by atoms with van der Waals surface area (Å²) in [4.78, 5) is 0. The van der Waals surface area contributed by atoms with E-state index in [2.05, 4.69) is 90.1 Å². The molecule has 0 amide bonds. The summed E-state index contributed by atoms with van der Waals surface area (Å²) >= 11 is -2.15. The molecule has 0 bridgehead atoms. The Kier molecular flexibility index (Phi) is 6.18. The molecule has 172 valence electrons. The Bertz CT molecular complexity index is 1180. The minimum absolute atomic E-state index is 0.184. The van der Waals surface area contributed by atoms with Crippen LogP contribution in [-0.4, -0.2) is 3.21 Å². The topological polar surface area (TPSA) is 0 Å². The van der Waals surface area contributed by atoms with E-state index >= 15 is 0 Å². The molecule has 0 heterocycles. The number of hydrogen-bond donors (Lipinski definition) is 0. The number of hydrogen-bond acceptors (Lipinski definition) is 0. The van der Waals surface area contributed by atoms with Crippen LogP contribution in [0.1, 0.15) is 102 Å².